The molecule has 7 heteroatoms. The number of hydrogen-bond donors (Lipinski definition) is 1. The number of carbonyl (C=O) groups excluding carboxylic acids is 2. The maximum Gasteiger partial charge on any atom is 0.347 e. The number of methoxy groups -OCH3 is 1. The summed E-state index contributed by atoms with van der Waals surface area (Å²) in [6, 6.07) is 14.3. The summed E-state index contributed by atoms with van der Waals surface area (Å²) in [6.45, 7) is 4.15. The first kappa shape index (κ1) is 21.0. The second-order valence-electron chi connectivity index (χ2n) is 6.20. The highest BCUT2D eigenvalue weighted by molar-refractivity contribution is 6.26. The van der Waals surface area contributed by atoms with Crippen LogP contribution in [0.3, 0.4) is 0 Å². The van der Waals surface area contributed by atoms with E-state index in [-0.39, 0.29) is 23.8 Å². The average molecular weight is 409 g/mol. The van der Waals surface area contributed by atoms with Crippen LogP contribution >= 0.6 is 0 Å². The van der Waals surface area contributed by atoms with Crippen molar-refractivity contribution in [3.63, 3.8) is 0 Å². The zero-order chi connectivity index (χ0) is 21.5. The van der Waals surface area contributed by atoms with E-state index in [9.17, 15) is 9.59 Å². The van der Waals surface area contributed by atoms with Crippen LogP contribution in [-0.2, 0) is 19.1 Å². The summed E-state index contributed by atoms with van der Waals surface area (Å²) in [5.41, 5.74) is 1.16. The molecule has 30 heavy (non-hydrogen) atoms. The van der Waals surface area contributed by atoms with Gasteiger partial charge in [0.15, 0.2) is 22.8 Å². The molecule has 0 radical (unpaired) electrons. The fourth-order valence-corrected chi connectivity index (χ4v) is 2.86. The molecule has 0 aromatic heterocycles. The summed E-state index contributed by atoms with van der Waals surface area (Å²) in [4.78, 5) is 25.3. The summed E-state index contributed by atoms with van der Waals surface area (Å²) in [7, 11) is 1.55. The molecule has 0 atom stereocenters. The van der Waals surface area contributed by atoms with Crippen LogP contribution in [0.2, 0.25) is 0 Å². The van der Waals surface area contributed by atoms with Gasteiger partial charge in [-0.15, -0.1) is 0 Å². The summed E-state index contributed by atoms with van der Waals surface area (Å²) in [6.07, 6.45) is 1.54. The van der Waals surface area contributed by atoms with Gasteiger partial charge >= 0.3 is 5.97 Å². The Bertz CT molecular complexity index is 994. The minimum atomic E-state index is -0.742. The van der Waals surface area contributed by atoms with Gasteiger partial charge in [-0.2, -0.15) is 0 Å². The Morgan fingerprint density at radius 2 is 1.83 bits per heavy atom. The normalized spacial score (nSPS) is 14.5. The molecule has 1 N–H and O–H groups in total. The van der Waals surface area contributed by atoms with Gasteiger partial charge in [-0.05, 0) is 49.8 Å². The number of rotatable bonds is 8. The number of benzene rings is 2. The highest BCUT2D eigenvalue weighted by atomic mass is 16.5. The maximum atomic E-state index is 12.9. The third-order valence-corrected chi connectivity index (χ3v) is 4.19. The molecule has 0 bridgehead atoms. The Balaban J connectivity index is 1.94. The van der Waals surface area contributed by atoms with E-state index in [0.29, 0.717) is 29.4 Å². The van der Waals surface area contributed by atoms with Crippen LogP contribution in [0.1, 0.15) is 19.4 Å². The van der Waals surface area contributed by atoms with Crippen molar-refractivity contribution in [3.8, 4) is 11.5 Å². The Labute approximate surface area is 174 Å². The van der Waals surface area contributed by atoms with Crippen LogP contribution in [0.25, 0.3) is 6.08 Å². The Hall–Kier alpha value is -3.74. The first-order valence-corrected chi connectivity index (χ1v) is 9.55. The summed E-state index contributed by atoms with van der Waals surface area (Å²) in [5, 5.41) is 2.98. The van der Waals surface area contributed by atoms with E-state index in [1.54, 1.807) is 50.4 Å². The van der Waals surface area contributed by atoms with Crippen molar-refractivity contribution in [2.24, 2.45) is 0 Å². The van der Waals surface area contributed by atoms with Crippen LogP contribution in [0.5, 0.6) is 11.5 Å². The smallest absolute Gasteiger partial charge is 0.347 e. The molecular formula is C23H23NO6. The largest absolute Gasteiger partial charge is 0.493 e. The van der Waals surface area contributed by atoms with Crippen molar-refractivity contribution in [1.82, 2.24) is 0 Å². The van der Waals surface area contributed by atoms with Crippen LogP contribution in [0, 0.1) is 0 Å². The monoisotopic (exact) mass is 409 g/mol. The quantitative estimate of drug-likeness (QED) is 0.402. The molecule has 7 nitrogen and oxygen atoms in total. The van der Waals surface area contributed by atoms with E-state index >= 15 is 0 Å². The highest BCUT2D eigenvalue weighted by Crippen LogP contribution is 2.32. The first-order valence-electron chi connectivity index (χ1n) is 9.55. The minimum Gasteiger partial charge on any atom is -0.493 e. The first-order chi connectivity index (χ1) is 14.6. The third kappa shape index (κ3) is 4.63. The molecule has 0 spiro atoms. The molecule has 0 saturated heterocycles. The minimum absolute atomic E-state index is 0.00380. The van der Waals surface area contributed by atoms with Gasteiger partial charge in [-0.1, -0.05) is 24.3 Å². The Morgan fingerprint density at radius 3 is 2.50 bits per heavy atom. The van der Waals surface area contributed by atoms with Crippen LogP contribution in [0.4, 0.5) is 5.69 Å². The molecule has 0 fully saturated rings. The van der Waals surface area contributed by atoms with Gasteiger partial charge in [0, 0.05) is 5.69 Å². The summed E-state index contributed by atoms with van der Waals surface area (Å²) >= 11 is 0. The Kier molecular flexibility index (Phi) is 6.75. The van der Waals surface area contributed by atoms with E-state index in [0.717, 1.165) is 0 Å². The number of carbonyl (C=O) groups is 2. The lowest BCUT2D eigenvalue weighted by molar-refractivity contribution is -0.139. The van der Waals surface area contributed by atoms with Crippen LogP contribution in [-0.4, -0.2) is 32.1 Å². The van der Waals surface area contributed by atoms with Gasteiger partial charge < -0.3 is 24.3 Å². The number of anilines is 1. The van der Waals surface area contributed by atoms with E-state index in [4.69, 9.17) is 18.9 Å². The van der Waals surface area contributed by atoms with Crippen molar-refractivity contribution >= 4 is 23.5 Å². The van der Waals surface area contributed by atoms with Gasteiger partial charge in [0.1, 0.15) is 0 Å². The molecule has 2 aromatic rings. The predicted molar refractivity (Wildman–Crippen MR) is 112 cm³/mol. The molecule has 3 rings (SSSR count). The number of esters is 1. The molecule has 1 aliphatic heterocycles. The number of ether oxygens (including phenoxy) is 4. The van der Waals surface area contributed by atoms with Crippen molar-refractivity contribution < 1.29 is 28.5 Å². The van der Waals surface area contributed by atoms with Crippen molar-refractivity contribution in [1.29, 1.82) is 0 Å². The number of allylic oxidation sites excluding steroid dienone is 1. The van der Waals surface area contributed by atoms with Gasteiger partial charge in [0.2, 0.25) is 11.7 Å². The number of Topliss-reactive ketones (excluding diaryl/α,β-unsaturated/α-hetero) is 1. The molecule has 1 heterocycles. The Morgan fingerprint density at radius 1 is 1.07 bits per heavy atom. The van der Waals surface area contributed by atoms with Crippen molar-refractivity contribution in [3.05, 3.63) is 71.3 Å². The van der Waals surface area contributed by atoms with Crippen LogP contribution < -0.4 is 14.8 Å². The fraction of sp³-hybridized carbons (Fsp3) is 0.217. The third-order valence-electron chi connectivity index (χ3n) is 4.19. The number of para-hydroxylation sites is 1. The topological polar surface area (TPSA) is 83.1 Å². The second-order valence-corrected chi connectivity index (χ2v) is 6.20. The maximum absolute atomic E-state index is 12.9. The van der Waals surface area contributed by atoms with Gasteiger partial charge in [-0.25, -0.2) is 4.79 Å². The molecule has 0 aliphatic carbocycles. The lowest BCUT2D eigenvalue weighted by Gasteiger charge is -2.10. The summed E-state index contributed by atoms with van der Waals surface area (Å²) in [5.74, 6) is -0.135. The number of ketones is 1. The van der Waals surface area contributed by atoms with Gasteiger partial charge in [0.05, 0.1) is 20.3 Å². The lowest BCUT2D eigenvalue weighted by Crippen LogP contribution is -2.16. The average Bonchev–Trinajstić information content (AvgIpc) is 3.04. The molecule has 156 valence electrons. The van der Waals surface area contributed by atoms with Crippen molar-refractivity contribution in [2.75, 3.05) is 25.6 Å². The molecule has 2 aromatic carbocycles. The standard InChI is InChI=1S/C23H23NO6/c1-4-28-18-13-15(11-12-17(18)27-3)14-19-21(25)20(23(26)29-5-2)22(30-19)24-16-9-7-6-8-10-16/h6-14,24H,4-5H2,1-3H3/b19-14-. The summed E-state index contributed by atoms with van der Waals surface area (Å²) < 4.78 is 21.6. The molecule has 0 amide bonds. The number of hydrogen-bond acceptors (Lipinski definition) is 7. The molecule has 1 aliphatic rings. The molecular weight excluding hydrogens is 386 g/mol. The van der Waals surface area contributed by atoms with Crippen LogP contribution in [0.15, 0.2) is 65.7 Å². The zero-order valence-electron chi connectivity index (χ0n) is 17.1. The van der Waals surface area contributed by atoms with E-state index < -0.39 is 11.8 Å². The molecule has 0 saturated carbocycles. The van der Waals surface area contributed by atoms with E-state index in [2.05, 4.69) is 5.32 Å². The number of nitrogens with one attached hydrogen (secondary N) is 1. The van der Waals surface area contributed by atoms with E-state index in [1.807, 2.05) is 25.1 Å². The molecule has 0 unspecified atom stereocenters. The predicted octanol–water partition coefficient (Wildman–Crippen LogP) is 3.92. The van der Waals surface area contributed by atoms with Gasteiger partial charge in [-0.3, -0.25) is 4.79 Å². The second kappa shape index (κ2) is 9.65. The SMILES string of the molecule is CCOC(=O)C1=C(Nc2ccccc2)O/C(=C\c2ccc(OC)c(OCC)c2)C1=O. The van der Waals surface area contributed by atoms with E-state index in [1.165, 1.54) is 0 Å². The highest BCUT2D eigenvalue weighted by Gasteiger charge is 2.37. The lowest BCUT2D eigenvalue weighted by atomic mass is 10.1. The zero-order valence-corrected chi connectivity index (χ0v) is 17.1. The van der Waals surface area contributed by atoms with Gasteiger partial charge in [0.25, 0.3) is 0 Å². The van der Waals surface area contributed by atoms with Crippen molar-refractivity contribution in [2.45, 2.75) is 13.8 Å². The fourth-order valence-electron chi connectivity index (χ4n) is 2.86.